The first-order valence-corrected chi connectivity index (χ1v) is 9.18. The van der Waals surface area contributed by atoms with Gasteiger partial charge in [0.15, 0.2) is 0 Å². The molecule has 1 aliphatic rings. The molecule has 6 heteroatoms. The Kier molecular flexibility index (Phi) is 5.00. The minimum absolute atomic E-state index is 0.289. The van der Waals surface area contributed by atoms with Gasteiger partial charge in [-0.15, -0.1) is 11.3 Å². The summed E-state index contributed by atoms with van der Waals surface area (Å²) in [4.78, 5) is 1.17. The van der Waals surface area contributed by atoms with Gasteiger partial charge in [-0.05, 0) is 36.6 Å². The maximum Gasteiger partial charge on any atom is 0.244 e. The summed E-state index contributed by atoms with van der Waals surface area (Å²) in [6.45, 7) is 3.75. The Morgan fingerprint density at radius 2 is 2.21 bits per heavy atom. The SMILES string of the molecule is CCC1CCCN(S(=O)(=O)c2ccsc2CN)CC1. The number of nitrogens with two attached hydrogens (primary N) is 1. The zero-order valence-electron chi connectivity index (χ0n) is 11.3. The van der Waals surface area contributed by atoms with E-state index in [0.29, 0.717) is 23.9 Å². The van der Waals surface area contributed by atoms with Crippen LogP contribution in [0.3, 0.4) is 0 Å². The van der Waals surface area contributed by atoms with Crippen molar-refractivity contribution in [1.82, 2.24) is 4.31 Å². The van der Waals surface area contributed by atoms with Gasteiger partial charge in [-0.2, -0.15) is 4.31 Å². The highest BCUT2D eigenvalue weighted by molar-refractivity contribution is 7.89. The third kappa shape index (κ3) is 3.18. The van der Waals surface area contributed by atoms with Crippen LogP contribution in [0.15, 0.2) is 16.3 Å². The molecule has 1 saturated heterocycles. The van der Waals surface area contributed by atoms with Crippen LogP contribution in [-0.2, 0) is 16.6 Å². The monoisotopic (exact) mass is 302 g/mol. The molecule has 108 valence electrons. The van der Waals surface area contributed by atoms with Crippen LogP contribution in [0.25, 0.3) is 0 Å². The quantitative estimate of drug-likeness (QED) is 0.929. The van der Waals surface area contributed by atoms with Crippen LogP contribution < -0.4 is 5.73 Å². The second kappa shape index (κ2) is 6.35. The lowest BCUT2D eigenvalue weighted by molar-refractivity contribution is 0.407. The second-order valence-electron chi connectivity index (χ2n) is 5.02. The molecule has 2 heterocycles. The molecule has 1 fully saturated rings. The zero-order valence-corrected chi connectivity index (χ0v) is 13.0. The van der Waals surface area contributed by atoms with E-state index < -0.39 is 10.0 Å². The lowest BCUT2D eigenvalue weighted by Gasteiger charge is -2.20. The number of sulfonamides is 1. The van der Waals surface area contributed by atoms with Gasteiger partial charge in [0.25, 0.3) is 0 Å². The van der Waals surface area contributed by atoms with Gasteiger partial charge in [-0.25, -0.2) is 8.42 Å². The van der Waals surface area contributed by atoms with Crippen molar-refractivity contribution >= 4 is 21.4 Å². The van der Waals surface area contributed by atoms with Crippen LogP contribution in [0.5, 0.6) is 0 Å². The van der Waals surface area contributed by atoms with E-state index in [1.807, 2.05) is 5.38 Å². The molecular formula is C13H22N2O2S2. The summed E-state index contributed by atoms with van der Waals surface area (Å²) in [6.07, 6.45) is 4.20. The van der Waals surface area contributed by atoms with Crippen molar-refractivity contribution in [2.45, 2.75) is 44.0 Å². The predicted molar refractivity (Wildman–Crippen MR) is 78.6 cm³/mol. The molecule has 0 saturated carbocycles. The van der Waals surface area contributed by atoms with Crippen LogP contribution in [0.1, 0.15) is 37.5 Å². The third-order valence-corrected chi connectivity index (χ3v) is 6.95. The largest absolute Gasteiger partial charge is 0.326 e. The summed E-state index contributed by atoms with van der Waals surface area (Å²) in [6, 6.07) is 1.68. The fourth-order valence-electron chi connectivity index (χ4n) is 2.63. The Morgan fingerprint density at radius 1 is 1.42 bits per heavy atom. The highest BCUT2D eigenvalue weighted by atomic mass is 32.2. The van der Waals surface area contributed by atoms with Gasteiger partial charge < -0.3 is 5.73 Å². The molecule has 2 rings (SSSR count). The summed E-state index contributed by atoms with van der Waals surface area (Å²) in [7, 11) is -3.35. The van der Waals surface area contributed by atoms with Crippen molar-refractivity contribution in [2.75, 3.05) is 13.1 Å². The van der Waals surface area contributed by atoms with E-state index >= 15 is 0 Å². The van der Waals surface area contributed by atoms with Crippen LogP contribution in [0.2, 0.25) is 0 Å². The minimum atomic E-state index is -3.35. The molecule has 1 aliphatic heterocycles. The van der Waals surface area contributed by atoms with Gasteiger partial charge in [-0.3, -0.25) is 0 Å². The highest BCUT2D eigenvalue weighted by Gasteiger charge is 2.29. The number of hydrogen-bond donors (Lipinski definition) is 1. The lowest BCUT2D eigenvalue weighted by atomic mass is 9.98. The number of nitrogens with zero attached hydrogens (tertiary/aromatic N) is 1. The Morgan fingerprint density at radius 3 is 2.89 bits per heavy atom. The Bertz CT molecular complexity index is 510. The van der Waals surface area contributed by atoms with Crippen LogP contribution in [0, 0.1) is 5.92 Å². The first-order valence-electron chi connectivity index (χ1n) is 6.86. The minimum Gasteiger partial charge on any atom is -0.326 e. The van der Waals surface area contributed by atoms with Crippen molar-refractivity contribution in [1.29, 1.82) is 0 Å². The molecule has 0 radical (unpaired) electrons. The topological polar surface area (TPSA) is 63.4 Å². The van der Waals surface area contributed by atoms with Crippen LogP contribution in [-0.4, -0.2) is 25.8 Å². The van der Waals surface area contributed by atoms with E-state index in [-0.39, 0.29) is 6.54 Å². The lowest BCUT2D eigenvalue weighted by Crippen LogP contribution is -2.32. The van der Waals surface area contributed by atoms with Crippen molar-refractivity contribution in [3.05, 3.63) is 16.3 Å². The number of rotatable bonds is 4. The summed E-state index contributed by atoms with van der Waals surface area (Å²) in [5.41, 5.74) is 5.62. The van der Waals surface area contributed by atoms with E-state index in [1.54, 1.807) is 10.4 Å². The summed E-state index contributed by atoms with van der Waals surface area (Å²) >= 11 is 1.42. The van der Waals surface area contributed by atoms with E-state index in [4.69, 9.17) is 5.73 Å². The average Bonchev–Trinajstić information content (AvgIpc) is 2.76. The molecule has 1 aromatic rings. The normalized spacial score (nSPS) is 22.3. The summed E-state index contributed by atoms with van der Waals surface area (Å²) < 4.78 is 26.9. The molecular weight excluding hydrogens is 280 g/mol. The Hall–Kier alpha value is -0.430. The van der Waals surface area contributed by atoms with E-state index in [0.717, 1.165) is 30.6 Å². The molecule has 4 nitrogen and oxygen atoms in total. The maximum absolute atomic E-state index is 12.7. The van der Waals surface area contributed by atoms with Crippen molar-refractivity contribution in [3.63, 3.8) is 0 Å². The average molecular weight is 302 g/mol. The van der Waals surface area contributed by atoms with Crippen LogP contribution >= 0.6 is 11.3 Å². The van der Waals surface area contributed by atoms with Crippen molar-refractivity contribution in [2.24, 2.45) is 11.7 Å². The van der Waals surface area contributed by atoms with Crippen LogP contribution in [0.4, 0.5) is 0 Å². The van der Waals surface area contributed by atoms with Gasteiger partial charge in [0.1, 0.15) is 0 Å². The van der Waals surface area contributed by atoms with Gasteiger partial charge in [-0.1, -0.05) is 13.3 Å². The standard InChI is InChI=1S/C13H22N2O2S2/c1-2-11-4-3-7-15(8-5-11)19(16,17)13-6-9-18-12(13)10-14/h6,9,11H,2-5,7-8,10,14H2,1H3. The molecule has 2 N–H and O–H groups in total. The smallest absolute Gasteiger partial charge is 0.244 e. The Balaban J connectivity index is 2.20. The van der Waals surface area contributed by atoms with Gasteiger partial charge >= 0.3 is 0 Å². The molecule has 1 aromatic heterocycles. The molecule has 0 aliphatic carbocycles. The number of thiophene rings is 1. The number of hydrogen-bond acceptors (Lipinski definition) is 4. The Labute approximate surface area is 119 Å². The molecule has 19 heavy (non-hydrogen) atoms. The predicted octanol–water partition coefficient (Wildman–Crippen LogP) is 2.41. The molecule has 0 bridgehead atoms. The summed E-state index contributed by atoms with van der Waals surface area (Å²) in [5, 5.41) is 1.81. The molecule has 0 spiro atoms. The fraction of sp³-hybridized carbons (Fsp3) is 0.692. The second-order valence-corrected chi connectivity index (χ2v) is 7.93. The summed E-state index contributed by atoms with van der Waals surface area (Å²) in [5.74, 6) is 0.664. The van der Waals surface area contributed by atoms with Gasteiger partial charge in [0, 0.05) is 24.5 Å². The molecule has 1 unspecified atom stereocenters. The third-order valence-electron chi connectivity index (χ3n) is 3.89. The van der Waals surface area contributed by atoms with Gasteiger partial charge in [0.2, 0.25) is 10.0 Å². The van der Waals surface area contributed by atoms with E-state index in [2.05, 4.69) is 6.92 Å². The zero-order chi connectivity index (χ0) is 13.9. The van der Waals surface area contributed by atoms with Gasteiger partial charge in [0.05, 0.1) is 4.90 Å². The molecule has 1 atom stereocenters. The van der Waals surface area contributed by atoms with E-state index in [1.165, 1.54) is 11.3 Å². The first-order chi connectivity index (χ1) is 9.09. The van der Waals surface area contributed by atoms with E-state index in [9.17, 15) is 8.42 Å². The fourth-order valence-corrected chi connectivity index (χ4v) is 5.43. The molecule has 0 aromatic carbocycles. The van der Waals surface area contributed by atoms with Crippen molar-refractivity contribution in [3.8, 4) is 0 Å². The highest BCUT2D eigenvalue weighted by Crippen LogP contribution is 2.28. The first kappa shape index (κ1) is 15.0. The maximum atomic E-state index is 12.7. The molecule has 0 amide bonds. The van der Waals surface area contributed by atoms with Crippen molar-refractivity contribution < 1.29 is 8.42 Å².